The van der Waals surface area contributed by atoms with Crippen molar-refractivity contribution in [1.29, 1.82) is 0 Å². The van der Waals surface area contributed by atoms with Crippen LogP contribution in [0.3, 0.4) is 0 Å². The zero-order valence-corrected chi connectivity index (χ0v) is 14.1. The zero-order chi connectivity index (χ0) is 16.9. The molecule has 0 spiro atoms. The van der Waals surface area contributed by atoms with Crippen LogP contribution in [0.1, 0.15) is 33.9 Å². The van der Waals surface area contributed by atoms with Crippen LogP contribution in [-0.4, -0.2) is 34.8 Å². The molecule has 1 aliphatic heterocycles. The lowest BCUT2D eigenvalue weighted by Gasteiger charge is -2.15. The highest BCUT2D eigenvalue weighted by Gasteiger charge is 2.19. The molecule has 0 saturated carbocycles. The lowest BCUT2D eigenvalue weighted by atomic mass is 10.2. The summed E-state index contributed by atoms with van der Waals surface area (Å²) in [7, 11) is 0. The number of hydrogen-bond donors (Lipinski definition) is 2. The van der Waals surface area contributed by atoms with Crippen LogP contribution in [0.15, 0.2) is 29.6 Å². The van der Waals surface area contributed by atoms with Gasteiger partial charge in [-0.2, -0.15) is 0 Å². The zero-order valence-electron chi connectivity index (χ0n) is 13.3. The third kappa shape index (κ3) is 3.98. The van der Waals surface area contributed by atoms with Crippen molar-refractivity contribution < 1.29 is 9.59 Å². The Bertz CT molecular complexity index is 726. The van der Waals surface area contributed by atoms with Gasteiger partial charge >= 0.3 is 0 Å². The highest BCUT2D eigenvalue weighted by molar-refractivity contribution is 7.09. The van der Waals surface area contributed by atoms with Gasteiger partial charge in [0.15, 0.2) is 0 Å². The van der Waals surface area contributed by atoms with Gasteiger partial charge in [0.2, 0.25) is 5.91 Å². The summed E-state index contributed by atoms with van der Waals surface area (Å²) in [6.45, 7) is 1.98. The van der Waals surface area contributed by atoms with Crippen LogP contribution in [0, 0.1) is 0 Å². The minimum Gasteiger partial charge on any atom is -0.338 e. The van der Waals surface area contributed by atoms with Crippen LogP contribution in [0.4, 0.5) is 5.69 Å². The van der Waals surface area contributed by atoms with Gasteiger partial charge in [-0.25, -0.2) is 4.98 Å². The molecule has 6 nitrogen and oxygen atoms in total. The lowest BCUT2D eigenvalue weighted by molar-refractivity contribution is -0.128. The van der Waals surface area contributed by atoms with E-state index >= 15 is 0 Å². The SMILES string of the molecule is NCCc1nc(C(=O)Nc2ccc(CN3CCCC3=O)cc2)cs1. The van der Waals surface area contributed by atoms with Gasteiger partial charge in [-0.05, 0) is 30.7 Å². The van der Waals surface area contributed by atoms with E-state index in [1.807, 2.05) is 29.2 Å². The van der Waals surface area contributed by atoms with Gasteiger partial charge in [-0.15, -0.1) is 11.3 Å². The third-order valence-corrected chi connectivity index (χ3v) is 4.81. The van der Waals surface area contributed by atoms with E-state index in [4.69, 9.17) is 5.73 Å². The van der Waals surface area contributed by atoms with E-state index in [0.29, 0.717) is 37.3 Å². The second-order valence-electron chi connectivity index (χ2n) is 5.74. The van der Waals surface area contributed by atoms with Gasteiger partial charge in [0.05, 0.1) is 5.01 Å². The second kappa shape index (κ2) is 7.55. The van der Waals surface area contributed by atoms with Gasteiger partial charge in [0.25, 0.3) is 5.91 Å². The van der Waals surface area contributed by atoms with E-state index < -0.39 is 0 Å². The highest BCUT2D eigenvalue weighted by atomic mass is 32.1. The molecule has 1 saturated heterocycles. The van der Waals surface area contributed by atoms with Crippen LogP contribution in [-0.2, 0) is 17.8 Å². The fourth-order valence-electron chi connectivity index (χ4n) is 2.63. The molecule has 2 aromatic rings. The van der Waals surface area contributed by atoms with Crippen molar-refractivity contribution in [1.82, 2.24) is 9.88 Å². The summed E-state index contributed by atoms with van der Waals surface area (Å²) in [6, 6.07) is 7.56. The number of amides is 2. The molecule has 2 heterocycles. The number of nitrogens with zero attached hydrogens (tertiary/aromatic N) is 2. The Kier molecular flexibility index (Phi) is 5.22. The Morgan fingerprint density at radius 2 is 2.12 bits per heavy atom. The smallest absolute Gasteiger partial charge is 0.275 e. The van der Waals surface area contributed by atoms with Gasteiger partial charge in [-0.3, -0.25) is 9.59 Å². The summed E-state index contributed by atoms with van der Waals surface area (Å²) in [4.78, 5) is 30.0. The fraction of sp³-hybridized carbons (Fsp3) is 0.353. The first-order chi connectivity index (χ1) is 11.7. The maximum atomic E-state index is 12.2. The fourth-order valence-corrected chi connectivity index (χ4v) is 3.43. The molecule has 126 valence electrons. The summed E-state index contributed by atoms with van der Waals surface area (Å²) < 4.78 is 0. The predicted molar refractivity (Wildman–Crippen MR) is 93.9 cm³/mol. The molecule has 3 N–H and O–H groups in total. The number of carbonyl (C=O) groups is 2. The van der Waals surface area contributed by atoms with Crippen LogP contribution in [0.2, 0.25) is 0 Å². The standard InChI is InChI=1S/C17H20N4O2S/c18-8-7-15-20-14(11-24-15)17(23)19-13-5-3-12(4-6-13)10-21-9-1-2-16(21)22/h3-6,11H,1-2,7-10,18H2,(H,19,23). The average molecular weight is 344 g/mol. The molecule has 0 unspecified atom stereocenters. The van der Waals surface area contributed by atoms with Crippen molar-refractivity contribution in [3.05, 3.63) is 45.9 Å². The molecule has 3 rings (SSSR count). The number of aromatic nitrogens is 1. The van der Waals surface area contributed by atoms with E-state index in [0.717, 1.165) is 23.5 Å². The van der Waals surface area contributed by atoms with Crippen molar-refractivity contribution in [3.63, 3.8) is 0 Å². The second-order valence-corrected chi connectivity index (χ2v) is 6.68. The first-order valence-corrected chi connectivity index (χ1v) is 8.86. The van der Waals surface area contributed by atoms with Crippen molar-refractivity contribution in [2.24, 2.45) is 5.73 Å². The van der Waals surface area contributed by atoms with E-state index in [2.05, 4.69) is 10.3 Å². The Hall–Kier alpha value is -2.25. The monoisotopic (exact) mass is 344 g/mol. The van der Waals surface area contributed by atoms with Crippen molar-refractivity contribution in [3.8, 4) is 0 Å². The maximum Gasteiger partial charge on any atom is 0.275 e. The number of hydrogen-bond acceptors (Lipinski definition) is 5. The number of benzene rings is 1. The molecule has 0 bridgehead atoms. The van der Waals surface area contributed by atoms with Crippen LogP contribution in [0.25, 0.3) is 0 Å². The molecule has 24 heavy (non-hydrogen) atoms. The van der Waals surface area contributed by atoms with Crippen LogP contribution >= 0.6 is 11.3 Å². The Morgan fingerprint density at radius 3 is 2.79 bits per heavy atom. The summed E-state index contributed by atoms with van der Waals surface area (Å²) in [5, 5.41) is 5.45. The number of anilines is 1. The molecule has 0 radical (unpaired) electrons. The summed E-state index contributed by atoms with van der Waals surface area (Å²) in [5.41, 5.74) is 7.67. The van der Waals surface area contributed by atoms with Gasteiger partial charge < -0.3 is 16.0 Å². The molecule has 1 aromatic heterocycles. The molecule has 1 aromatic carbocycles. The van der Waals surface area contributed by atoms with E-state index in [-0.39, 0.29) is 11.8 Å². The van der Waals surface area contributed by atoms with Gasteiger partial charge in [0.1, 0.15) is 5.69 Å². The van der Waals surface area contributed by atoms with Gasteiger partial charge in [0, 0.05) is 37.0 Å². The molecular formula is C17H20N4O2S. The van der Waals surface area contributed by atoms with E-state index in [1.54, 1.807) is 5.38 Å². The largest absolute Gasteiger partial charge is 0.338 e. The van der Waals surface area contributed by atoms with E-state index in [9.17, 15) is 9.59 Å². The molecule has 2 amide bonds. The quantitative estimate of drug-likeness (QED) is 0.839. The Morgan fingerprint density at radius 1 is 1.33 bits per heavy atom. The maximum absolute atomic E-state index is 12.2. The number of carbonyl (C=O) groups excluding carboxylic acids is 2. The Balaban J connectivity index is 1.58. The number of nitrogens with two attached hydrogens (primary N) is 1. The van der Waals surface area contributed by atoms with Crippen molar-refractivity contribution in [2.75, 3.05) is 18.4 Å². The van der Waals surface area contributed by atoms with Crippen LogP contribution in [0.5, 0.6) is 0 Å². The van der Waals surface area contributed by atoms with Crippen molar-refractivity contribution in [2.45, 2.75) is 25.8 Å². The summed E-state index contributed by atoms with van der Waals surface area (Å²) in [5.74, 6) is -0.0128. The molecule has 1 aliphatic rings. The van der Waals surface area contributed by atoms with Crippen molar-refractivity contribution >= 4 is 28.8 Å². The highest BCUT2D eigenvalue weighted by Crippen LogP contribution is 2.17. The first kappa shape index (κ1) is 16.6. The van der Waals surface area contributed by atoms with Gasteiger partial charge in [-0.1, -0.05) is 12.1 Å². The third-order valence-electron chi connectivity index (χ3n) is 3.90. The molecule has 0 atom stereocenters. The Labute approximate surface area is 144 Å². The number of thiazole rings is 1. The minimum atomic E-state index is -0.225. The van der Waals surface area contributed by atoms with E-state index in [1.165, 1.54) is 11.3 Å². The number of rotatable bonds is 6. The molecule has 0 aliphatic carbocycles. The molecular weight excluding hydrogens is 324 g/mol. The lowest BCUT2D eigenvalue weighted by Crippen LogP contribution is -2.23. The summed E-state index contributed by atoms with van der Waals surface area (Å²) >= 11 is 1.44. The molecule has 1 fully saturated rings. The predicted octanol–water partition coefficient (Wildman–Crippen LogP) is 2.02. The topological polar surface area (TPSA) is 88.3 Å². The van der Waals surface area contributed by atoms with Crippen LogP contribution < -0.4 is 11.1 Å². The average Bonchev–Trinajstić information content (AvgIpc) is 3.20. The summed E-state index contributed by atoms with van der Waals surface area (Å²) in [6.07, 6.45) is 2.27. The first-order valence-electron chi connectivity index (χ1n) is 7.98. The number of likely N-dealkylation sites (tertiary alicyclic amines) is 1. The minimum absolute atomic E-state index is 0.212. The normalized spacial score (nSPS) is 14.2. The molecule has 7 heteroatoms. The number of nitrogens with one attached hydrogen (secondary N) is 1.